The maximum atomic E-state index is 12.2. The number of methoxy groups -OCH3 is 1. The summed E-state index contributed by atoms with van der Waals surface area (Å²) in [5.74, 6) is -0.781. The van der Waals surface area contributed by atoms with Gasteiger partial charge in [-0.25, -0.2) is 0 Å². The molecule has 0 unspecified atom stereocenters. The highest BCUT2D eigenvalue weighted by molar-refractivity contribution is 5.62. The van der Waals surface area contributed by atoms with Crippen molar-refractivity contribution in [2.24, 2.45) is 0 Å². The summed E-state index contributed by atoms with van der Waals surface area (Å²) in [7, 11) is 1.29. The summed E-state index contributed by atoms with van der Waals surface area (Å²) in [5.41, 5.74) is 0.799. The first-order chi connectivity index (χ1) is 11.8. The van der Waals surface area contributed by atoms with Gasteiger partial charge >= 0.3 is 6.36 Å². The van der Waals surface area contributed by atoms with Crippen LogP contribution in [0.5, 0.6) is 17.2 Å². The first-order valence-electron chi connectivity index (χ1n) is 6.86. The Kier molecular flexibility index (Phi) is 5.04. The number of nitriles is 2. The van der Waals surface area contributed by atoms with E-state index < -0.39 is 12.1 Å². The third-order valence-corrected chi connectivity index (χ3v) is 3.36. The fourth-order valence-corrected chi connectivity index (χ4v) is 2.26. The summed E-state index contributed by atoms with van der Waals surface area (Å²) in [5, 5.41) is 28.6. The van der Waals surface area contributed by atoms with Crippen LogP contribution >= 0.6 is 0 Å². The third-order valence-electron chi connectivity index (χ3n) is 3.36. The highest BCUT2D eigenvalue weighted by atomic mass is 19.4. The van der Waals surface area contributed by atoms with Crippen LogP contribution in [0.15, 0.2) is 30.3 Å². The Morgan fingerprint density at radius 3 is 2.24 bits per heavy atom. The van der Waals surface area contributed by atoms with Gasteiger partial charge in [0.1, 0.15) is 17.4 Å². The molecule has 2 aromatic rings. The lowest BCUT2D eigenvalue weighted by molar-refractivity contribution is -0.274. The minimum atomic E-state index is -4.79. The molecular formula is C17H11F3N2O3. The van der Waals surface area contributed by atoms with Crippen LogP contribution in [0.1, 0.15) is 22.3 Å². The van der Waals surface area contributed by atoms with Crippen molar-refractivity contribution < 1.29 is 27.8 Å². The Morgan fingerprint density at radius 1 is 1.12 bits per heavy atom. The fraction of sp³-hybridized carbons (Fsp3) is 0.176. The molecule has 1 N–H and O–H groups in total. The highest BCUT2D eigenvalue weighted by Gasteiger charge is 2.31. The van der Waals surface area contributed by atoms with Crippen LogP contribution in [-0.4, -0.2) is 18.6 Å². The Labute approximate surface area is 141 Å². The molecule has 0 aliphatic rings. The van der Waals surface area contributed by atoms with Gasteiger partial charge in [0.15, 0.2) is 11.5 Å². The van der Waals surface area contributed by atoms with Gasteiger partial charge in [-0.05, 0) is 23.3 Å². The van der Waals surface area contributed by atoms with Gasteiger partial charge in [0.05, 0.1) is 18.7 Å². The van der Waals surface area contributed by atoms with Crippen LogP contribution in [0, 0.1) is 22.7 Å². The number of hydrogen-bond acceptors (Lipinski definition) is 5. The van der Waals surface area contributed by atoms with Gasteiger partial charge in [0.25, 0.3) is 0 Å². The first-order valence-corrected chi connectivity index (χ1v) is 6.86. The Balaban J connectivity index is 2.39. The van der Waals surface area contributed by atoms with E-state index in [4.69, 9.17) is 4.74 Å². The topological polar surface area (TPSA) is 86.3 Å². The second-order valence-electron chi connectivity index (χ2n) is 4.92. The predicted octanol–water partition coefficient (Wildman–Crippen LogP) is 3.63. The van der Waals surface area contributed by atoms with E-state index in [1.54, 1.807) is 0 Å². The van der Waals surface area contributed by atoms with E-state index in [9.17, 15) is 28.8 Å². The summed E-state index contributed by atoms with van der Waals surface area (Å²) < 4.78 is 45.2. The minimum Gasteiger partial charge on any atom is -0.503 e. The normalized spacial score (nSPS) is 10.6. The van der Waals surface area contributed by atoms with E-state index in [0.29, 0.717) is 5.56 Å². The van der Waals surface area contributed by atoms with Crippen LogP contribution in [0.25, 0.3) is 0 Å². The summed E-state index contributed by atoms with van der Waals surface area (Å²) in [6.07, 6.45) is -4.72. The van der Waals surface area contributed by atoms with Crippen molar-refractivity contribution in [3.05, 3.63) is 52.6 Å². The Morgan fingerprint density at radius 2 is 1.76 bits per heavy atom. The maximum Gasteiger partial charge on any atom is 0.573 e. The standard InChI is InChI=1S/C17H11F3N2O3/c1-24-15-7-11(8-21)13(14(9-22)16(15)23)6-10-2-4-12(5-3-10)25-17(18,19)20/h2-5,7,23H,6H2,1H3. The molecule has 128 valence electrons. The Hall–Kier alpha value is -3.39. The van der Waals surface area contributed by atoms with Crippen LogP contribution in [0.3, 0.4) is 0 Å². The highest BCUT2D eigenvalue weighted by Crippen LogP contribution is 2.35. The molecule has 2 aromatic carbocycles. The molecule has 8 heteroatoms. The lowest BCUT2D eigenvalue weighted by Gasteiger charge is -2.13. The van der Waals surface area contributed by atoms with Gasteiger partial charge in [-0.3, -0.25) is 0 Å². The quantitative estimate of drug-likeness (QED) is 0.912. The van der Waals surface area contributed by atoms with Crippen molar-refractivity contribution in [3.8, 4) is 29.4 Å². The molecular weight excluding hydrogens is 337 g/mol. The molecule has 0 bridgehead atoms. The average molecular weight is 348 g/mol. The van der Waals surface area contributed by atoms with Crippen molar-refractivity contribution in [2.75, 3.05) is 7.11 Å². The predicted molar refractivity (Wildman–Crippen MR) is 80.0 cm³/mol. The zero-order valence-corrected chi connectivity index (χ0v) is 12.9. The van der Waals surface area contributed by atoms with Gasteiger partial charge in [0, 0.05) is 12.5 Å². The number of alkyl halides is 3. The molecule has 0 radical (unpaired) electrons. The lowest BCUT2D eigenvalue weighted by atomic mass is 9.94. The summed E-state index contributed by atoms with van der Waals surface area (Å²) in [4.78, 5) is 0. The number of phenols is 1. The zero-order chi connectivity index (χ0) is 18.6. The number of nitrogens with zero attached hydrogens (tertiary/aromatic N) is 2. The molecule has 0 heterocycles. The SMILES string of the molecule is COc1cc(C#N)c(Cc2ccc(OC(F)(F)F)cc2)c(C#N)c1O. The second-order valence-corrected chi connectivity index (χ2v) is 4.92. The fourth-order valence-electron chi connectivity index (χ4n) is 2.26. The molecule has 0 saturated carbocycles. The number of rotatable bonds is 4. The third kappa shape index (κ3) is 4.12. The Bertz CT molecular complexity index is 863. The van der Waals surface area contributed by atoms with E-state index in [1.165, 1.54) is 25.3 Å². The average Bonchev–Trinajstić information content (AvgIpc) is 2.56. The van der Waals surface area contributed by atoms with Crippen LogP contribution in [0.2, 0.25) is 0 Å². The van der Waals surface area contributed by atoms with Gasteiger partial charge < -0.3 is 14.6 Å². The molecule has 5 nitrogen and oxygen atoms in total. The van der Waals surface area contributed by atoms with E-state index >= 15 is 0 Å². The minimum absolute atomic E-state index is 0.00854. The molecule has 0 atom stereocenters. The zero-order valence-electron chi connectivity index (χ0n) is 12.9. The van der Waals surface area contributed by atoms with E-state index in [0.717, 1.165) is 12.1 Å². The van der Waals surface area contributed by atoms with E-state index in [1.807, 2.05) is 12.1 Å². The van der Waals surface area contributed by atoms with Crippen LogP contribution in [-0.2, 0) is 6.42 Å². The van der Waals surface area contributed by atoms with E-state index in [-0.39, 0.29) is 34.6 Å². The summed E-state index contributed by atoms with van der Waals surface area (Å²) >= 11 is 0. The smallest absolute Gasteiger partial charge is 0.503 e. The molecule has 0 amide bonds. The summed E-state index contributed by atoms with van der Waals surface area (Å²) in [6, 6.07) is 10.1. The number of benzene rings is 2. The molecule has 0 aliphatic heterocycles. The lowest BCUT2D eigenvalue weighted by Crippen LogP contribution is -2.17. The second kappa shape index (κ2) is 7.02. The molecule has 0 fully saturated rings. The summed E-state index contributed by atoms with van der Waals surface area (Å²) in [6.45, 7) is 0. The van der Waals surface area contributed by atoms with Crippen LogP contribution < -0.4 is 9.47 Å². The number of phenolic OH excluding ortho intramolecular Hbond substituents is 1. The van der Waals surface area contributed by atoms with Crippen molar-refractivity contribution in [1.82, 2.24) is 0 Å². The van der Waals surface area contributed by atoms with Crippen molar-refractivity contribution in [1.29, 1.82) is 10.5 Å². The van der Waals surface area contributed by atoms with Gasteiger partial charge in [-0.15, -0.1) is 13.2 Å². The van der Waals surface area contributed by atoms with Gasteiger partial charge in [-0.1, -0.05) is 12.1 Å². The molecule has 0 aromatic heterocycles. The molecule has 0 spiro atoms. The molecule has 0 aliphatic carbocycles. The van der Waals surface area contributed by atoms with Crippen LogP contribution in [0.4, 0.5) is 13.2 Å². The number of halogens is 3. The van der Waals surface area contributed by atoms with Crippen molar-refractivity contribution in [2.45, 2.75) is 12.8 Å². The first kappa shape index (κ1) is 18.0. The number of ether oxygens (including phenoxy) is 2. The monoisotopic (exact) mass is 348 g/mol. The molecule has 0 saturated heterocycles. The molecule has 25 heavy (non-hydrogen) atoms. The van der Waals surface area contributed by atoms with Gasteiger partial charge in [-0.2, -0.15) is 10.5 Å². The van der Waals surface area contributed by atoms with Gasteiger partial charge in [0.2, 0.25) is 0 Å². The van der Waals surface area contributed by atoms with Crippen molar-refractivity contribution in [3.63, 3.8) is 0 Å². The van der Waals surface area contributed by atoms with E-state index in [2.05, 4.69) is 4.74 Å². The molecule has 2 rings (SSSR count). The van der Waals surface area contributed by atoms with Crippen molar-refractivity contribution >= 4 is 0 Å². The maximum absolute atomic E-state index is 12.2. The number of aromatic hydroxyl groups is 1. The largest absolute Gasteiger partial charge is 0.573 e. The number of hydrogen-bond donors (Lipinski definition) is 1.